The van der Waals surface area contributed by atoms with Crippen LogP contribution in [0.2, 0.25) is 0 Å². The van der Waals surface area contributed by atoms with E-state index in [0.29, 0.717) is 0 Å². The zero-order valence-electron chi connectivity index (χ0n) is 13.2. The Morgan fingerprint density at radius 1 is 1.09 bits per heavy atom. The standard InChI is InChI=1S/C18H23N3O2/c22-16-13-21(15-11-7-4-8-12-15)20-17(16)18(23)19-14-9-5-2-1-3-6-10-14/h4,7-8,11-14,22H,1-3,5-6,9-10H2,(H,19,23). The molecule has 2 N–H and O–H groups in total. The Labute approximate surface area is 136 Å². The highest BCUT2D eigenvalue weighted by molar-refractivity contribution is 5.95. The third-order valence-electron chi connectivity index (χ3n) is 4.37. The van der Waals surface area contributed by atoms with E-state index in [4.69, 9.17) is 0 Å². The van der Waals surface area contributed by atoms with Crippen LogP contribution in [-0.2, 0) is 0 Å². The second-order valence-electron chi connectivity index (χ2n) is 6.16. The van der Waals surface area contributed by atoms with Crippen LogP contribution in [0.4, 0.5) is 0 Å². The van der Waals surface area contributed by atoms with Gasteiger partial charge in [0.2, 0.25) is 0 Å². The van der Waals surface area contributed by atoms with Crippen molar-refractivity contribution in [3.05, 3.63) is 42.2 Å². The molecule has 1 aromatic carbocycles. The molecule has 5 heteroatoms. The van der Waals surface area contributed by atoms with E-state index in [1.165, 1.54) is 30.1 Å². The van der Waals surface area contributed by atoms with Gasteiger partial charge in [0.1, 0.15) is 0 Å². The Hall–Kier alpha value is -2.30. The average Bonchev–Trinajstić information content (AvgIpc) is 2.93. The highest BCUT2D eigenvalue weighted by Gasteiger charge is 2.20. The van der Waals surface area contributed by atoms with Crippen LogP contribution in [0.3, 0.4) is 0 Å². The fourth-order valence-electron chi connectivity index (χ4n) is 3.09. The molecule has 2 aromatic rings. The number of amides is 1. The summed E-state index contributed by atoms with van der Waals surface area (Å²) in [7, 11) is 0. The number of benzene rings is 1. The number of carbonyl (C=O) groups is 1. The molecule has 23 heavy (non-hydrogen) atoms. The summed E-state index contributed by atoms with van der Waals surface area (Å²) in [5, 5.41) is 17.3. The van der Waals surface area contributed by atoms with Crippen LogP contribution in [0.15, 0.2) is 36.5 Å². The number of nitrogens with one attached hydrogen (secondary N) is 1. The molecule has 1 aromatic heterocycles. The van der Waals surface area contributed by atoms with Crippen molar-refractivity contribution in [2.75, 3.05) is 0 Å². The first-order chi connectivity index (χ1) is 11.2. The largest absolute Gasteiger partial charge is 0.504 e. The van der Waals surface area contributed by atoms with Crippen molar-refractivity contribution in [3.8, 4) is 11.4 Å². The minimum absolute atomic E-state index is 0.0859. The third kappa shape index (κ3) is 3.92. The second kappa shape index (κ2) is 7.31. The zero-order valence-corrected chi connectivity index (χ0v) is 13.2. The molecule has 3 rings (SSSR count). The molecule has 0 atom stereocenters. The normalized spacial score (nSPS) is 16.5. The van der Waals surface area contributed by atoms with E-state index in [2.05, 4.69) is 10.4 Å². The fourth-order valence-corrected chi connectivity index (χ4v) is 3.09. The van der Waals surface area contributed by atoms with Gasteiger partial charge in [-0.2, -0.15) is 5.10 Å². The Kier molecular flexibility index (Phi) is 4.95. The van der Waals surface area contributed by atoms with Crippen LogP contribution < -0.4 is 5.32 Å². The van der Waals surface area contributed by atoms with Gasteiger partial charge >= 0.3 is 0 Å². The summed E-state index contributed by atoms with van der Waals surface area (Å²) >= 11 is 0. The number of nitrogens with zero attached hydrogens (tertiary/aromatic N) is 2. The molecule has 1 aliphatic rings. The van der Waals surface area contributed by atoms with E-state index in [9.17, 15) is 9.90 Å². The number of carbonyl (C=O) groups excluding carboxylic acids is 1. The first-order valence-electron chi connectivity index (χ1n) is 8.39. The van der Waals surface area contributed by atoms with Crippen molar-refractivity contribution in [3.63, 3.8) is 0 Å². The van der Waals surface area contributed by atoms with Gasteiger partial charge in [-0.15, -0.1) is 0 Å². The first kappa shape index (κ1) is 15.6. The summed E-state index contributed by atoms with van der Waals surface area (Å²) in [6.45, 7) is 0. The molecular formula is C18H23N3O2. The topological polar surface area (TPSA) is 67.2 Å². The molecule has 122 valence electrons. The summed E-state index contributed by atoms with van der Waals surface area (Å²) in [6, 6.07) is 9.63. The summed E-state index contributed by atoms with van der Waals surface area (Å²) in [6.07, 6.45) is 9.55. The number of aromatic nitrogens is 2. The molecule has 0 saturated heterocycles. The SMILES string of the molecule is O=C(NC1CCCCCCC1)c1nn(-c2ccccc2)cc1O. The van der Waals surface area contributed by atoms with Crippen LogP contribution in [-0.4, -0.2) is 26.8 Å². The van der Waals surface area contributed by atoms with Crippen LogP contribution in [0.5, 0.6) is 5.75 Å². The van der Waals surface area contributed by atoms with Crippen LogP contribution >= 0.6 is 0 Å². The predicted octanol–water partition coefficient (Wildman–Crippen LogP) is 3.42. The molecule has 1 heterocycles. The lowest BCUT2D eigenvalue weighted by Crippen LogP contribution is -2.35. The monoisotopic (exact) mass is 313 g/mol. The van der Waals surface area contributed by atoms with Crippen molar-refractivity contribution in [2.45, 2.75) is 51.0 Å². The quantitative estimate of drug-likeness (QED) is 0.912. The molecule has 1 amide bonds. The van der Waals surface area contributed by atoms with Crippen molar-refractivity contribution < 1.29 is 9.90 Å². The van der Waals surface area contributed by atoms with Gasteiger partial charge in [-0.05, 0) is 25.0 Å². The second-order valence-corrected chi connectivity index (χ2v) is 6.16. The first-order valence-corrected chi connectivity index (χ1v) is 8.39. The van der Waals surface area contributed by atoms with Gasteiger partial charge in [0.15, 0.2) is 11.4 Å². The minimum atomic E-state index is -0.289. The lowest BCUT2D eigenvalue weighted by Gasteiger charge is -2.20. The zero-order chi connectivity index (χ0) is 16.1. The van der Waals surface area contributed by atoms with E-state index in [0.717, 1.165) is 31.4 Å². The molecule has 0 spiro atoms. The third-order valence-corrected chi connectivity index (χ3v) is 4.37. The minimum Gasteiger partial charge on any atom is -0.504 e. The molecule has 0 aliphatic heterocycles. The maximum atomic E-state index is 12.4. The lowest BCUT2D eigenvalue weighted by atomic mass is 9.96. The summed E-state index contributed by atoms with van der Waals surface area (Å²) in [4.78, 5) is 12.4. The smallest absolute Gasteiger partial charge is 0.275 e. The van der Waals surface area contributed by atoms with Gasteiger partial charge in [0.05, 0.1) is 11.9 Å². The van der Waals surface area contributed by atoms with Gasteiger partial charge in [-0.1, -0.05) is 50.3 Å². The van der Waals surface area contributed by atoms with E-state index in [1.54, 1.807) is 0 Å². The van der Waals surface area contributed by atoms with Crippen molar-refractivity contribution >= 4 is 5.91 Å². The Balaban J connectivity index is 1.71. The Morgan fingerprint density at radius 3 is 2.43 bits per heavy atom. The molecule has 5 nitrogen and oxygen atoms in total. The Morgan fingerprint density at radius 2 is 1.74 bits per heavy atom. The molecule has 0 unspecified atom stereocenters. The van der Waals surface area contributed by atoms with Gasteiger partial charge in [0.25, 0.3) is 5.91 Å². The highest BCUT2D eigenvalue weighted by atomic mass is 16.3. The van der Waals surface area contributed by atoms with Gasteiger partial charge in [-0.25, -0.2) is 4.68 Å². The van der Waals surface area contributed by atoms with Gasteiger partial charge < -0.3 is 10.4 Å². The summed E-state index contributed by atoms with van der Waals surface area (Å²) < 4.78 is 1.53. The number of rotatable bonds is 3. The maximum absolute atomic E-state index is 12.4. The molecule has 1 fully saturated rings. The molecular weight excluding hydrogens is 290 g/mol. The lowest BCUT2D eigenvalue weighted by molar-refractivity contribution is 0.0922. The van der Waals surface area contributed by atoms with E-state index < -0.39 is 0 Å². The Bertz CT molecular complexity index is 644. The van der Waals surface area contributed by atoms with Crippen molar-refractivity contribution in [1.82, 2.24) is 15.1 Å². The van der Waals surface area contributed by atoms with E-state index >= 15 is 0 Å². The average molecular weight is 313 g/mol. The van der Waals surface area contributed by atoms with Gasteiger partial charge in [0, 0.05) is 6.04 Å². The van der Waals surface area contributed by atoms with Crippen molar-refractivity contribution in [1.29, 1.82) is 0 Å². The molecule has 0 radical (unpaired) electrons. The van der Waals surface area contributed by atoms with Crippen LogP contribution in [0.1, 0.15) is 55.4 Å². The highest BCUT2D eigenvalue weighted by Crippen LogP contribution is 2.20. The molecule has 0 bridgehead atoms. The number of hydrogen-bond donors (Lipinski definition) is 2. The predicted molar refractivity (Wildman–Crippen MR) is 88.8 cm³/mol. The summed E-state index contributed by atoms with van der Waals surface area (Å²) in [5.74, 6) is -0.375. The van der Waals surface area contributed by atoms with E-state index in [-0.39, 0.29) is 23.4 Å². The van der Waals surface area contributed by atoms with Crippen molar-refractivity contribution in [2.24, 2.45) is 0 Å². The maximum Gasteiger partial charge on any atom is 0.275 e. The molecule has 1 aliphatic carbocycles. The number of hydrogen-bond acceptors (Lipinski definition) is 3. The number of aromatic hydroxyl groups is 1. The van der Waals surface area contributed by atoms with E-state index in [1.807, 2.05) is 30.3 Å². The van der Waals surface area contributed by atoms with Crippen LogP contribution in [0.25, 0.3) is 5.69 Å². The van der Waals surface area contributed by atoms with Gasteiger partial charge in [-0.3, -0.25) is 4.79 Å². The number of para-hydroxylation sites is 1. The molecule has 1 saturated carbocycles. The summed E-state index contributed by atoms with van der Waals surface area (Å²) in [5.41, 5.74) is 0.906. The van der Waals surface area contributed by atoms with Crippen LogP contribution in [0, 0.1) is 0 Å². The fraction of sp³-hybridized carbons (Fsp3) is 0.444.